The molecule has 0 radical (unpaired) electrons. The Hall–Kier alpha value is -1.63. The second-order valence-electron chi connectivity index (χ2n) is 11.3. The van der Waals surface area contributed by atoms with Gasteiger partial charge in [0.2, 0.25) is 0 Å². The van der Waals surface area contributed by atoms with E-state index in [0.717, 1.165) is 63.5 Å². The van der Waals surface area contributed by atoms with E-state index in [1.54, 1.807) is 0 Å². The van der Waals surface area contributed by atoms with Gasteiger partial charge < -0.3 is 24.4 Å². The van der Waals surface area contributed by atoms with Gasteiger partial charge in [-0.15, -0.1) is 0 Å². The van der Waals surface area contributed by atoms with Gasteiger partial charge in [-0.2, -0.15) is 0 Å². The van der Waals surface area contributed by atoms with Crippen LogP contribution in [0.5, 0.6) is 5.75 Å². The molecule has 2 saturated carbocycles. The molecular weight excluding hydrogens is 456 g/mol. The molecule has 0 aromatic heterocycles. The molecule has 1 aromatic carbocycles. The molecule has 0 bridgehead atoms. The number of hydrogen-bond acceptors (Lipinski definition) is 6. The van der Waals surface area contributed by atoms with Crippen LogP contribution >= 0.6 is 0 Å². The van der Waals surface area contributed by atoms with E-state index < -0.39 is 6.29 Å². The van der Waals surface area contributed by atoms with Crippen LogP contribution in [0.4, 0.5) is 0 Å². The average Bonchev–Trinajstić information content (AvgIpc) is 3.52. The van der Waals surface area contributed by atoms with Gasteiger partial charge in [-0.3, -0.25) is 0 Å². The summed E-state index contributed by atoms with van der Waals surface area (Å²) < 4.78 is 16.8. The number of hydrogen-bond donors (Lipinski definition) is 2. The third kappa shape index (κ3) is 6.81. The van der Waals surface area contributed by atoms with Crippen molar-refractivity contribution in [3.8, 4) is 5.75 Å². The summed E-state index contributed by atoms with van der Waals surface area (Å²) in [6, 6.07) is 6.08. The Bertz CT molecular complexity index is 835. The number of aliphatic hydroxyl groups excluding tert-OH is 2. The molecule has 0 spiro atoms. The smallest absolute Gasteiger partial charge is 0.343 e. The van der Waals surface area contributed by atoms with Gasteiger partial charge in [0.1, 0.15) is 5.75 Å². The van der Waals surface area contributed by atoms with Crippen molar-refractivity contribution in [3.05, 3.63) is 29.3 Å². The van der Waals surface area contributed by atoms with E-state index in [4.69, 9.17) is 14.2 Å². The lowest BCUT2D eigenvalue weighted by Crippen LogP contribution is -2.31. The van der Waals surface area contributed by atoms with E-state index in [0.29, 0.717) is 11.8 Å². The average molecular weight is 503 g/mol. The Morgan fingerprint density at radius 2 is 1.94 bits per heavy atom. The van der Waals surface area contributed by atoms with Crippen LogP contribution in [0.3, 0.4) is 0 Å². The maximum Gasteiger partial charge on any atom is 0.343 e. The number of carbonyl (C=O) groups excluding carboxylic acids is 1. The number of unbranched alkanes of at least 4 members (excludes halogenated alkanes) is 2. The Labute approximate surface area is 216 Å². The van der Waals surface area contributed by atoms with Crippen LogP contribution in [0.2, 0.25) is 0 Å². The Morgan fingerprint density at radius 1 is 1.14 bits per heavy atom. The first-order valence-electron chi connectivity index (χ1n) is 14.3. The number of rotatable bonds is 13. The third-order valence-corrected chi connectivity index (χ3v) is 9.01. The highest BCUT2D eigenvalue weighted by Crippen LogP contribution is 2.48. The van der Waals surface area contributed by atoms with Gasteiger partial charge >= 0.3 is 5.97 Å². The van der Waals surface area contributed by atoms with Crippen LogP contribution in [-0.4, -0.2) is 48.4 Å². The van der Waals surface area contributed by atoms with Crippen molar-refractivity contribution in [2.45, 2.75) is 109 Å². The lowest BCUT2D eigenvalue weighted by molar-refractivity contribution is -0.169. The minimum atomic E-state index is -0.648. The first-order valence-corrected chi connectivity index (χ1v) is 14.3. The van der Waals surface area contributed by atoms with Gasteiger partial charge in [-0.25, -0.2) is 4.79 Å². The van der Waals surface area contributed by atoms with Gasteiger partial charge in [-0.05, 0) is 86.3 Å². The second kappa shape index (κ2) is 13.3. The fourth-order valence-corrected chi connectivity index (χ4v) is 6.97. The topological polar surface area (TPSA) is 85.2 Å². The van der Waals surface area contributed by atoms with E-state index in [2.05, 4.69) is 13.0 Å². The van der Waals surface area contributed by atoms with Gasteiger partial charge in [0.05, 0.1) is 19.3 Å². The van der Waals surface area contributed by atoms with Gasteiger partial charge in [-0.1, -0.05) is 51.2 Å². The van der Waals surface area contributed by atoms with E-state index >= 15 is 0 Å². The maximum absolute atomic E-state index is 11.6. The Morgan fingerprint density at radius 3 is 2.69 bits per heavy atom. The molecule has 1 aromatic rings. The SMILES string of the molecule is CCCCC[C@H](CC[C@@H]1[C@H]2Cc3cccc(OCC(=O)OC)c3C[C@H]2C[C@H]1O)OC(O)C1CCCC1. The van der Waals surface area contributed by atoms with E-state index in [1.807, 2.05) is 12.1 Å². The molecule has 0 amide bonds. The molecule has 6 atom stereocenters. The quantitative estimate of drug-likeness (QED) is 0.219. The molecule has 4 rings (SSSR count). The van der Waals surface area contributed by atoms with Crippen LogP contribution in [0, 0.1) is 23.7 Å². The summed E-state index contributed by atoms with van der Waals surface area (Å²) in [7, 11) is 1.37. The lowest BCUT2D eigenvalue weighted by atomic mass is 9.73. The largest absolute Gasteiger partial charge is 0.482 e. The number of benzene rings is 1. The molecule has 1 unspecified atom stereocenters. The first-order chi connectivity index (χ1) is 17.5. The predicted molar refractivity (Wildman–Crippen MR) is 139 cm³/mol. The molecular formula is C30H46O6. The Kier molecular flexibility index (Phi) is 10.1. The zero-order valence-corrected chi connectivity index (χ0v) is 22.2. The normalized spacial score (nSPS) is 27.3. The molecule has 3 aliphatic carbocycles. The highest BCUT2D eigenvalue weighted by Gasteiger charge is 2.45. The van der Waals surface area contributed by atoms with Crippen LogP contribution in [0.15, 0.2) is 18.2 Å². The van der Waals surface area contributed by atoms with Crippen LogP contribution in [0.1, 0.15) is 88.7 Å². The molecule has 2 fully saturated rings. The molecule has 0 aliphatic heterocycles. The van der Waals surface area contributed by atoms with Gasteiger partial charge in [0.15, 0.2) is 12.9 Å². The minimum absolute atomic E-state index is 0.0626. The molecule has 6 heteroatoms. The van der Waals surface area contributed by atoms with E-state index in [9.17, 15) is 15.0 Å². The van der Waals surface area contributed by atoms with Gasteiger partial charge in [0, 0.05) is 5.92 Å². The van der Waals surface area contributed by atoms with Crippen LogP contribution in [-0.2, 0) is 27.1 Å². The Balaban J connectivity index is 1.38. The molecule has 0 heterocycles. The van der Waals surface area contributed by atoms with Crippen molar-refractivity contribution in [2.24, 2.45) is 23.7 Å². The van der Waals surface area contributed by atoms with Crippen molar-refractivity contribution in [3.63, 3.8) is 0 Å². The summed E-state index contributed by atoms with van der Waals surface area (Å²) in [4.78, 5) is 11.6. The standard InChI is InChI=1S/C30H46O6/c1-3-4-5-12-23(36-30(33)20-9-6-7-10-20)14-15-24-25-16-21-11-8-13-28(35-19-29(32)34-2)26(21)17-22(25)18-27(24)31/h8,11,13,20,22-25,27,30-31,33H,3-7,9-10,12,14-19H2,1-2H3/t22-,23+,24+,25-,27+,30?/m0/s1. The maximum atomic E-state index is 11.6. The van der Waals surface area contributed by atoms with Crippen LogP contribution < -0.4 is 4.74 Å². The first kappa shape index (κ1) is 27.4. The molecule has 202 valence electrons. The number of esters is 1. The van der Waals surface area contributed by atoms with E-state index in [1.165, 1.54) is 43.9 Å². The number of carbonyl (C=O) groups is 1. The van der Waals surface area contributed by atoms with Crippen LogP contribution in [0.25, 0.3) is 0 Å². The van der Waals surface area contributed by atoms with E-state index in [-0.39, 0.29) is 36.6 Å². The highest BCUT2D eigenvalue weighted by molar-refractivity contribution is 5.71. The minimum Gasteiger partial charge on any atom is -0.482 e. The molecule has 2 N–H and O–H groups in total. The summed E-state index contributed by atoms with van der Waals surface area (Å²) in [6.07, 6.45) is 12.6. The zero-order chi connectivity index (χ0) is 25.5. The van der Waals surface area contributed by atoms with Gasteiger partial charge in [0.25, 0.3) is 0 Å². The summed E-state index contributed by atoms with van der Waals surface area (Å²) in [5, 5.41) is 21.8. The van der Waals surface area contributed by atoms with Crippen molar-refractivity contribution < 1.29 is 29.2 Å². The number of aliphatic hydroxyl groups is 2. The lowest BCUT2D eigenvalue weighted by Gasteiger charge is -2.33. The zero-order valence-electron chi connectivity index (χ0n) is 22.2. The number of fused-ring (bicyclic) bond motifs is 2. The second-order valence-corrected chi connectivity index (χ2v) is 11.3. The fourth-order valence-electron chi connectivity index (χ4n) is 6.97. The highest BCUT2D eigenvalue weighted by atomic mass is 16.6. The fraction of sp³-hybridized carbons (Fsp3) is 0.767. The summed E-state index contributed by atoms with van der Waals surface area (Å²) in [5.74, 6) is 1.78. The summed E-state index contributed by atoms with van der Waals surface area (Å²) in [5.41, 5.74) is 2.45. The van der Waals surface area contributed by atoms with Crippen molar-refractivity contribution >= 4 is 5.97 Å². The summed E-state index contributed by atoms with van der Waals surface area (Å²) in [6.45, 7) is 2.13. The molecule has 6 nitrogen and oxygen atoms in total. The molecule has 0 saturated heterocycles. The third-order valence-electron chi connectivity index (χ3n) is 9.01. The monoisotopic (exact) mass is 502 g/mol. The predicted octanol–water partition coefficient (Wildman–Crippen LogP) is 5.20. The summed E-state index contributed by atoms with van der Waals surface area (Å²) >= 11 is 0. The molecule has 3 aliphatic rings. The number of ether oxygens (including phenoxy) is 3. The van der Waals surface area contributed by atoms with Crippen molar-refractivity contribution in [1.29, 1.82) is 0 Å². The van der Waals surface area contributed by atoms with Crippen molar-refractivity contribution in [2.75, 3.05) is 13.7 Å². The number of methoxy groups -OCH3 is 1. The van der Waals surface area contributed by atoms with Crippen molar-refractivity contribution in [1.82, 2.24) is 0 Å². The molecule has 36 heavy (non-hydrogen) atoms.